The van der Waals surface area contributed by atoms with E-state index in [-0.39, 0.29) is 11.1 Å². The lowest BCUT2D eigenvalue weighted by atomic mass is 9.82. The van der Waals surface area contributed by atoms with Gasteiger partial charge in [-0.3, -0.25) is 4.98 Å². The summed E-state index contributed by atoms with van der Waals surface area (Å²) < 4.78 is 20.2. The Kier molecular flexibility index (Phi) is 6.33. The van der Waals surface area contributed by atoms with Crippen LogP contribution >= 0.6 is 15.9 Å². The van der Waals surface area contributed by atoms with Gasteiger partial charge in [-0.05, 0) is 55.0 Å². The van der Waals surface area contributed by atoms with E-state index in [4.69, 9.17) is 4.74 Å². The van der Waals surface area contributed by atoms with Gasteiger partial charge >= 0.3 is 5.97 Å². The second-order valence-electron chi connectivity index (χ2n) is 8.55. The summed E-state index contributed by atoms with van der Waals surface area (Å²) in [6.07, 6.45) is 2.22. The number of halogens is 2. The summed E-state index contributed by atoms with van der Waals surface area (Å²) in [6.45, 7) is 10.5. The highest BCUT2D eigenvalue weighted by molar-refractivity contribution is 9.10. The van der Waals surface area contributed by atoms with Crippen molar-refractivity contribution in [3.05, 3.63) is 21.9 Å². The van der Waals surface area contributed by atoms with E-state index in [0.29, 0.717) is 15.7 Å². The molecular weight excluding hydrogens is 403 g/mol. The van der Waals surface area contributed by atoms with Gasteiger partial charge in [0.1, 0.15) is 6.67 Å². The summed E-state index contributed by atoms with van der Waals surface area (Å²) in [5, 5.41) is 9.80. The van der Waals surface area contributed by atoms with Gasteiger partial charge in [0, 0.05) is 24.8 Å². The molecule has 0 radical (unpaired) electrons. The zero-order valence-corrected chi connectivity index (χ0v) is 17.7. The Morgan fingerprint density at radius 1 is 1.42 bits per heavy atom. The van der Waals surface area contributed by atoms with Gasteiger partial charge in [-0.2, -0.15) is 0 Å². The van der Waals surface area contributed by atoms with E-state index < -0.39 is 24.3 Å². The largest absolute Gasteiger partial charge is 0.479 e. The number of piperidine rings is 1. The topological polar surface area (TPSA) is 62.7 Å². The zero-order valence-electron chi connectivity index (χ0n) is 16.1. The molecule has 1 aromatic heterocycles. The first-order valence-electron chi connectivity index (χ1n) is 8.84. The minimum Gasteiger partial charge on any atom is -0.479 e. The molecule has 1 atom stereocenters. The Morgan fingerprint density at radius 3 is 2.46 bits per heavy atom. The lowest BCUT2D eigenvalue weighted by molar-refractivity contribution is -0.160. The molecular formula is C19H28BrFN2O3. The molecule has 0 aliphatic carbocycles. The number of ether oxygens (including phenoxy) is 1. The van der Waals surface area contributed by atoms with Crippen molar-refractivity contribution >= 4 is 27.6 Å². The minimum atomic E-state index is -1.28. The van der Waals surface area contributed by atoms with Gasteiger partial charge in [-0.1, -0.05) is 13.8 Å². The van der Waals surface area contributed by atoms with E-state index in [1.54, 1.807) is 27.0 Å². The number of nitrogens with zero attached hydrogens (tertiary/aromatic N) is 2. The molecule has 1 saturated heterocycles. The maximum absolute atomic E-state index is 13.7. The van der Waals surface area contributed by atoms with Gasteiger partial charge in [-0.25, -0.2) is 9.18 Å². The number of aliphatic carboxylic acids is 1. The molecule has 1 aliphatic heterocycles. The number of anilines is 1. The molecule has 0 aromatic carbocycles. The molecule has 1 aromatic rings. The minimum absolute atomic E-state index is 0.115. The van der Waals surface area contributed by atoms with Crippen LogP contribution in [0, 0.1) is 5.41 Å². The quantitative estimate of drug-likeness (QED) is 0.720. The molecule has 1 N–H and O–H groups in total. The van der Waals surface area contributed by atoms with Crippen LogP contribution in [0.1, 0.15) is 64.8 Å². The van der Waals surface area contributed by atoms with E-state index in [1.807, 2.05) is 0 Å². The number of hydrogen-bond donors (Lipinski definition) is 1. The Morgan fingerprint density at radius 2 is 2.00 bits per heavy atom. The summed E-state index contributed by atoms with van der Waals surface area (Å²) >= 11 is 3.50. The summed E-state index contributed by atoms with van der Waals surface area (Å²) in [7, 11) is 0. The first-order valence-corrected chi connectivity index (χ1v) is 9.63. The van der Waals surface area contributed by atoms with E-state index >= 15 is 0 Å². The van der Waals surface area contributed by atoms with E-state index in [1.165, 1.54) is 0 Å². The molecule has 0 bridgehead atoms. The first-order chi connectivity index (χ1) is 11.9. The molecule has 26 heavy (non-hydrogen) atoms. The molecule has 0 saturated carbocycles. The van der Waals surface area contributed by atoms with Crippen molar-refractivity contribution in [1.29, 1.82) is 0 Å². The van der Waals surface area contributed by atoms with Crippen LogP contribution in [-0.2, 0) is 16.2 Å². The van der Waals surface area contributed by atoms with Gasteiger partial charge in [0.15, 0.2) is 6.10 Å². The van der Waals surface area contributed by atoms with Crippen LogP contribution in [0.15, 0.2) is 10.7 Å². The number of hydrogen-bond acceptors (Lipinski definition) is 4. The second kappa shape index (κ2) is 7.80. The zero-order chi connectivity index (χ0) is 19.7. The molecule has 1 fully saturated rings. The van der Waals surface area contributed by atoms with E-state index in [9.17, 15) is 14.3 Å². The van der Waals surface area contributed by atoms with Crippen molar-refractivity contribution in [3.63, 3.8) is 0 Å². The van der Waals surface area contributed by atoms with Crippen LogP contribution in [0.4, 0.5) is 10.1 Å². The summed E-state index contributed by atoms with van der Waals surface area (Å²) in [4.78, 5) is 18.2. The predicted molar refractivity (Wildman–Crippen MR) is 103 cm³/mol. The number of carbonyl (C=O) groups is 1. The Balaban J connectivity index is 2.55. The molecule has 146 valence electrons. The van der Waals surface area contributed by atoms with Gasteiger partial charge in [0.25, 0.3) is 0 Å². The predicted octanol–water partition coefficient (Wildman–Crippen LogP) is 4.88. The number of aromatic nitrogens is 1. The number of pyridine rings is 1. The maximum Gasteiger partial charge on any atom is 0.337 e. The number of alkyl halides is 1. The van der Waals surface area contributed by atoms with Crippen molar-refractivity contribution in [2.75, 3.05) is 18.0 Å². The molecule has 1 unspecified atom stereocenters. The highest BCUT2D eigenvalue weighted by Gasteiger charge is 2.35. The van der Waals surface area contributed by atoms with E-state index in [0.717, 1.165) is 25.9 Å². The fourth-order valence-electron chi connectivity index (χ4n) is 3.16. The lowest BCUT2D eigenvalue weighted by Crippen LogP contribution is -2.39. The van der Waals surface area contributed by atoms with Crippen LogP contribution in [0.2, 0.25) is 0 Å². The van der Waals surface area contributed by atoms with Crippen LogP contribution < -0.4 is 4.90 Å². The van der Waals surface area contributed by atoms with Gasteiger partial charge in [0.2, 0.25) is 0 Å². The Bertz CT molecular complexity index is 663. The second-order valence-corrected chi connectivity index (χ2v) is 9.40. The van der Waals surface area contributed by atoms with Gasteiger partial charge < -0.3 is 14.7 Å². The highest BCUT2D eigenvalue weighted by Crippen LogP contribution is 2.42. The molecule has 5 nitrogen and oxygen atoms in total. The number of carboxylic acid groups (broad SMARTS) is 1. The van der Waals surface area contributed by atoms with Crippen LogP contribution in [0.3, 0.4) is 0 Å². The third-order valence-corrected chi connectivity index (χ3v) is 5.22. The Hall–Kier alpha value is -1.21. The third-order valence-electron chi connectivity index (χ3n) is 4.64. The smallest absolute Gasteiger partial charge is 0.337 e. The summed E-state index contributed by atoms with van der Waals surface area (Å²) in [5.74, 6) is -1.15. The van der Waals surface area contributed by atoms with Crippen molar-refractivity contribution in [2.45, 2.75) is 65.8 Å². The van der Waals surface area contributed by atoms with Crippen molar-refractivity contribution in [1.82, 2.24) is 4.98 Å². The molecule has 0 spiro atoms. The first kappa shape index (κ1) is 21.1. The fourth-order valence-corrected chi connectivity index (χ4v) is 3.72. The van der Waals surface area contributed by atoms with Gasteiger partial charge in [-0.15, -0.1) is 0 Å². The summed E-state index contributed by atoms with van der Waals surface area (Å²) in [5.41, 5.74) is 0.654. The monoisotopic (exact) mass is 430 g/mol. The number of rotatable bonds is 5. The molecule has 2 rings (SSSR count). The number of carboxylic acids is 1. The Labute approximate surface area is 163 Å². The van der Waals surface area contributed by atoms with Crippen LogP contribution in [-0.4, -0.2) is 34.8 Å². The van der Waals surface area contributed by atoms with Crippen molar-refractivity contribution in [3.8, 4) is 0 Å². The van der Waals surface area contributed by atoms with Crippen molar-refractivity contribution in [2.24, 2.45) is 5.41 Å². The highest BCUT2D eigenvalue weighted by atomic mass is 79.9. The summed E-state index contributed by atoms with van der Waals surface area (Å²) in [6, 6.07) is 0. The average Bonchev–Trinajstić information content (AvgIpc) is 2.52. The molecule has 7 heteroatoms. The van der Waals surface area contributed by atoms with E-state index in [2.05, 4.69) is 39.7 Å². The SMILES string of the molecule is CC1(C)CCN(c2c(Br)cnc(CF)c2C(OC(C)(C)C)C(=O)O)CC1. The van der Waals surface area contributed by atoms with Crippen LogP contribution in [0.5, 0.6) is 0 Å². The normalized spacial score (nSPS) is 18.7. The standard InChI is InChI=1S/C19H28BrFN2O3/c1-18(2,3)26-16(17(24)25)14-13(10-21)22-11-12(20)15(14)23-8-6-19(4,5)7-9-23/h11,16H,6-10H2,1-5H3,(H,24,25). The fraction of sp³-hybridized carbons (Fsp3) is 0.684. The molecule has 1 aliphatic rings. The molecule has 0 amide bonds. The average molecular weight is 431 g/mol. The maximum atomic E-state index is 13.7. The lowest BCUT2D eigenvalue weighted by Gasteiger charge is -2.40. The molecule has 2 heterocycles. The van der Waals surface area contributed by atoms with Gasteiger partial charge in [0.05, 0.1) is 21.5 Å². The van der Waals surface area contributed by atoms with Crippen LogP contribution in [0.25, 0.3) is 0 Å². The third kappa shape index (κ3) is 4.94. The van der Waals surface area contributed by atoms with Crippen molar-refractivity contribution < 1.29 is 19.0 Å².